The standard InChI is InChI=1S/C13H24N2O/c1-4-9-14-13(16)11(3)15-10(2)12-7-5-6-8-12/h4,10-12,15H,1,5-9H2,2-3H3,(H,14,16)/t10-,11?/m0/s1. The van der Waals surface area contributed by atoms with Gasteiger partial charge in [0.05, 0.1) is 6.04 Å². The van der Waals surface area contributed by atoms with E-state index in [1.165, 1.54) is 25.7 Å². The molecule has 2 N–H and O–H groups in total. The van der Waals surface area contributed by atoms with E-state index >= 15 is 0 Å². The zero-order valence-electron chi connectivity index (χ0n) is 10.5. The minimum Gasteiger partial charge on any atom is -0.351 e. The van der Waals surface area contributed by atoms with Gasteiger partial charge in [-0.15, -0.1) is 6.58 Å². The van der Waals surface area contributed by atoms with E-state index in [9.17, 15) is 4.79 Å². The predicted octanol–water partition coefficient (Wildman–Crippen LogP) is 1.85. The smallest absolute Gasteiger partial charge is 0.237 e. The Morgan fingerprint density at radius 2 is 2.06 bits per heavy atom. The van der Waals surface area contributed by atoms with Crippen LogP contribution in [0.4, 0.5) is 0 Å². The SMILES string of the molecule is C=CCNC(=O)C(C)N[C@@H](C)C1CCCC1. The van der Waals surface area contributed by atoms with Gasteiger partial charge in [-0.3, -0.25) is 4.79 Å². The lowest BCUT2D eigenvalue weighted by atomic mass is 9.99. The number of hydrogen-bond acceptors (Lipinski definition) is 2. The lowest BCUT2D eigenvalue weighted by Crippen LogP contribution is -2.47. The Bertz CT molecular complexity index is 234. The molecule has 16 heavy (non-hydrogen) atoms. The molecule has 0 radical (unpaired) electrons. The highest BCUT2D eigenvalue weighted by atomic mass is 16.2. The molecule has 0 aromatic heterocycles. The Morgan fingerprint density at radius 3 is 2.62 bits per heavy atom. The van der Waals surface area contributed by atoms with Gasteiger partial charge in [-0.2, -0.15) is 0 Å². The van der Waals surface area contributed by atoms with E-state index in [-0.39, 0.29) is 11.9 Å². The third-order valence-corrected chi connectivity index (χ3v) is 3.43. The number of nitrogens with one attached hydrogen (secondary N) is 2. The predicted molar refractivity (Wildman–Crippen MR) is 67.2 cm³/mol. The highest BCUT2D eigenvalue weighted by molar-refractivity contribution is 5.81. The van der Waals surface area contributed by atoms with Gasteiger partial charge < -0.3 is 10.6 Å². The number of carbonyl (C=O) groups is 1. The largest absolute Gasteiger partial charge is 0.351 e. The van der Waals surface area contributed by atoms with E-state index in [0.29, 0.717) is 12.6 Å². The first-order valence-corrected chi connectivity index (χ1v) is 6.29. The Morgan fingerprint density at radius 1 is 1.44 bits per heavy atom. The van der Waals surface area contributed by atoms with E-state index in [4.69, 9.17) is 0 Å². The minimum atomic E-state index is -0.115. The molecule has 1 fully saturated rings. The van der Waals surface area contributed by atoms with Crippen molar-refractivity contribution in [1.29, 1.82) is 0 Å². The molecule has 0 spiro atoms. The summed E-state index contributed by atoms with van der Waals surface area (Å²) in [5.41, 5.74) is 0. The third kappa shape index (κ3) is 3.97. The third-order valence-electron chi connectivity index (χ3n) is 3.43. The van der Waals surface area contributed by atoms with Gasteiger partial charge in [-0.25, -0.2) is 0 Å². The first kappa shape index (κ1) is 13.2. The maximum absolute atomic E-state index is 11.6. The second kappa shape index (κ2) is 6.69. The van der Waals surface area contributed by atoms with Gasteiger partial charge in [0.1, 0.15) is 0 Å². The molecule has 1 unspecified atom stereocenters. The topological polar surface area (TPSA) is 41.1 Å². The molecular formula is C13H24N2O. The number of rotatable bonds is 6. The zero-order valence-corrected chi connectivity index (χ0v) is 10.5. The van der Waals surface area contributed by atoms with E-state index < -0.39 is 0 Å². The van der Waals surface area contributed by atoms with Crippen molar-refractivity contribution in [3.05, 3.63) is 12.7 Å². The van der Waals surface area contributed by atoms with Crippen molar-refractivity contribution in [3.63, 3.8) is 0 Å². The molecule has 1 saturated carbocycles. The molecule has 1 amide bonds. The van der Waals surface area contributed by atoms with E-state index in [1.54, 1.807) is 6.08 Å². The zero-order chi connectivity index (χ0) is 12.0. The molecule has 0 saturated heterocycles. The summed E-state index contributed by atoms with van der Waals surface area (Å²) < 4.78 is 0. The van der Waals surface area contributed by atoms with E-state index in [0.717, 1.165) is 5.92 Å². The normalized spacial score (nSPS) is 20.4. The van der Waals surface area contributed by atoms with Gasteiger partial charge in [0.2, 0.25) is 5.91 Å². The van der Waals surface area contributed by atoms with Crippen LogP contribution in [-0.4, -0.2) is 24.5 Å². The van der Waals surface area contributed by atoms with Crippen LogP contribution in [0.2, 0.25) is 0 Å². The van der Waals surface area contributed by atoms with Gasteiger partial charge in [0.25, 0.3) is 0 Å². The van der Waals surface area contributed by atoms with Crippen LogP contribution in [0.15, 0.2) is 12.7 Å². The fraction of sp³-hybridized carbons (Fsp3) is 0.769. The van der Waals surface area contributed by atoms with Crippen LogP contribution in [0.3, 0.4) is 0 Å². The lowest BCUT2D eigenvalue weighted by molar-refractivity contribution is -0.122. The second-order valence-electron chi connectivity index (χ2n) is 4.76. The molecule has 0 aromatic carbocycles. The van der Waals surface area contributed by atoms with Crippen molar-refractivity contribution < 1.29 is 4.79 Å². The van der Waals surface area contributed by atoms with E-state index in [1.807, 2.05) is 6.92 Å². The van der Waals surface area contributed by atoms with Crippen molar-refractivity contribution in [2.24, 2.45) is 5.92 Å². The summed E-state index contributed by atoms with van der Waals surface area (Å²) in [7, 11) is 0. The van der Waals surface area contributed by atoms with Crippen molar-refractivity contribution in [2.75, 3.05) is 6.54 Å². The first-order chi connectivity index (χ1) is 7.65. The van der Waals surface area contributed by atoms with Crippen molar-refractivity contribution >= 4 is 5.91 Å². The minimum absolute atomic E-state index is 0.0600. The van der Waals surface area contributed by atoms with Crippen LogP contribution < -0.4 is 10.6 Å². The van der Waals surface area contributed by atoms with Crippen LogP contribution in [-0.2, 0) is 4.79 Å². The first-order valence-electron chi connectivity index (χ1n) is 6.29. The molecule has 3 heteroatoms. The number of carbonyl (C=O) groups excluding carboxylic acids is 1. The van der Waals surface area contributed by atoms with Crippen LogP contribution in [0.25, 0.3) is 0 Å². The molecular weight excluding hydrogens is 200 g/mol. The fourth-order valence-electron chi connectivity index (χ4n) is 2.39. The average Bonchev–Trinajstić information content (AvgIpc) is 2.79. The van der Waals surface area contributed by atoms with Gasteiger partial charge in [0.15, 0.2) is 0 Å². The molecule has 2 atom stereocenters. The highest BCUT2D eigenvalue weighted by Crippen LogP contribution is 2.27. The Kier molecular flexibility index (Phi) is 5.53. The van der Waals surface area contributed by atoms with Gasteiger partial charge in [-0.05, 0) is 32.6 Å². The maximum atomic E-state index is 11.6. The summed E-state index contributed by atoms with van der Waals surface area (Å²) >= 11 is 0. The van der Waals surface area contributed by atoms with Crippen LogP contribution in [0.5, 0.6) is 0 Å². The molecule has 92 valence electrons. The fourth-order valence-corrected chi connectivity index (χ4v) is 2.39. The summed E-state index contributed by atoms with van der Waals surface area (Å²) in [4.78, 5) is 11.6. The quantitative estimate of drug-likeness (QED) is 0.676. The second-order valence-corrected chi connectivity index (χ2v) is 4.76. The molecule has 1 aliphatic rings. The number of amides is 1. The van der Waals surface area contributed by atoms with Crippen LogP contribution in [0.1, 0.15) is 39.5 Å². The monoisotopic (exact) mass is 224 g/mol. The molecule has 0 heterocycles. The Hall–Kier alpha value is -0.830. The van der Waals surface area contributed by atoms with Gasteiger partial charge in [-0.1, -0.05) is 18.9 Å². The molecule has 0 aliphatic heterocycles. The lowest BCUT2D eigenvalue weighted by Gasteiger charge is -2.24. The maximum Gasteiger partial charge on any atom is 0.237 e. The molecule has 1 aliphatic carbocycles. The van der Waals surface area contributed by atoms with E-state index in [2.05, 4.69) is 24.1 Å². The summed E-state index contributed by atoms with van der Waals surface area (Å²) in [6, 6.07) is 0.322. The van der Waals surface area contributed by atoms with Gasteiger partial charge in [0, 0.05) is 12.6 Å². The van der Waals surface area contributed by atoms with Gasteiger partial charge >= 0.3 is 0 Å². The molecule has 3 nitrogen and oxygen atoms in total. The van der Waals surface area contributed by atoms with Crippen LogP contribution in [0, 0.1) is 5.92 Å². The molecule has 0 bridgehead atoms. The van der Waals surface area contributed by atoms with Crippen molar-refractivity contribution in [1.82, 2.24) is 10.6 Å². The Labute approximate surface area is 98.7 Å². The summed E-state index contributed by atoms with van der Waals surface area (Å²) in [5.74, 6) is 0.805. The van der Waals surface area contributed by atoms with Crippen LogP contribution >= 0.6 is 0 Å². The Balaban J connectivity index is 2.28. The number of hydrogen-bond donors (Lipinski definition) is 2. The van der Waals surface area contributed by atoms with Crippen molar-refractivity contribution in [2.45, 2.75) is 51.6 Å². The highest BCUT2D eigenvalue weighted by Gasteiger charge is 2.24. The molecule has 1 rings (SSSR count). The molecule has 0 aromatic rings. The summed E-state index contributed by atoms with van der Waals surface area (Å²) in [6.45, 7) is 8.23. The average molecular weight is 224 g/mol. The summed E-state index contributed by atoms with van der Waals surface area (Å²) in [6.07, 6.45) is 6.98. The summed E-state index contributed by atoms with van der Waals surface area (Å²) in [5, 5.41) is 6.19. The van der Waals surface area contributed by atoms with Crippen molar-refractivity contribution in [3.8, 4) is 0 Å².